The van der Waals surface area contributed by atoms with Crippen LogP contribution in [-0.2, 0) is 13.1 Å². The fourth-order valence-electron chi connectivity index (χ4n) is 0.886. The van der Waals surface area contributed by atoms with Crippen LogP contribution in [-0.4, -0.2) is 0 Å². The molecule has 10 heavy (non-hydrogen) atoms. The van der Waals surface area contributed by atoms with E-state index < -0.39 is 0 Å². The molecule has 0 aliphatic rings. The van der Waals surface area contributed by atoms with E-state index in [2.05, 4.69) is 6.07 Å². The highest BCUT2D eigenvalue weighted by Gasteiger charge is 1.94. The van der Waals surface area contributed by atoms with E-state index in [1.807, 2.05) is 18.2 Å². The van der Waals surface area contributed by atoms with E-state index in [0.717, 1.165) is 11.1 Å². The van der Waals surface area contributed by atoms with Gasteiger partial charge in [0.25, 0.3) is 0 Å². The van der Waals surface area contributed by atoms with E-state index in [1.165, 1.54) is 0 Å². The monoisotopic (exact) mass is 135 g/mol. The van der Waals surface area contributed by atoms with Crippen LogP contribution in [0.25, 0.3) is 0 Å². The van der Waals surface area contributed by atoms with Gasteiger partial charge >= 0.3 is 0 Å². The van der Waals surface area contributed by atoms with Crippen molar-refractivity contribution in [1.29, 1.82) is 0 Å². The van der Waals surface area contributed by atoms with Gasteiger partial charge in [-0.3, -0.25) is 0 Å². The topological polar surface area (TPSA) is 52.0 Å². The molecule has 2 nitrogen and oxygen atoms in total. The van der Waals surface area contributed by atoms with E-state index in [-0.39, 0.29) is 0 Å². The summed E-state index contributed by atoms with van der Waals surface area (Å²) in [6.45, 7) is 1.10. The maximum Gasteiger partial charge on any atom is 0.0181 e. The van der Waals surface area contributed by atoms with Gasteiger partial charge in [-0.2, -0.15) is 0 Å². The highest BCUT2D eigenvalue weighted by Crippen LogP contribution is 2.05. The van der Waals surface area contributed by atoms with Crippen molar-refractivity contribution in [3.63, 3.8) is 0 Å². The Hall–Kier alpha value is -0.860. The second kappa shape index (κ2) is 3.34. The van der Waals surface area contributed by atoms with Crippen LogP contribution in [0.1, 0.15) is 11.1 Å². The Morgan fingerprint density at radius 2 is 1.90 bits per heavy atom. The van der Waals surface area contributed by atoms with Crippen molar-refractivity contribution in [2.24, 2.45) is 11.5 Å². The number of hydrogen-bond donors (Lipinski definition) is 2. The lowest BCUT2D eigenvalue weighted by atomic mass is 10.1. The zero-order chi connectivity index (χ0) is 7.40. The molecule has 0 bridgehead atoms. The minimum Gasteiger partial charge on any atom is -0.326 e. The lowest BCUT2D eigenvalue weighted by molar-refractivity contribution is 0.979. The first-order valence-electron chi connectivity index (χ1n) is 3.26. The van der Waals surface area contributed by atoms with Crippen LogP contribution in [0.3, 0.4) is 0 Å². The third-order valence-corrected chi connectivity index (χ3v) is 1.49. The van der Waals surface area contributed by atoms with Gasteiger partial charge in [0.05, 0.1) is 0 Å². The summed E-state index contributed by atoms with van der Waals surface area (Å²) in [4.78, 5) is 0. The van der Waals surface area contributed by atoms with E-state index in [0.29, 0.717) is 13.1 Å². The van der Waals surface area contributed by atoms with Gasteiger partial charge in [-0.25, -0.2) is 0 Å². The Balaban J connectivity index is 2.96. The van der Waals surface area contributed by atoms with Gasteiger partial charge in [0.2, 0.25) is 0 Å². The maximum atomic E-state index is 5.46. The molecule has 0 aromatic heterocycles. The zero-order valence-corrected chi connectivity index (χ0v) is 5.80. The number of rotatable bonds is 2. The molecule has 0 fully saturated rings. The second-order valence-electron chi connectivity index (χ2n) is 2.10. The molecule has 1 aromatic carbocycles. The summed E-state index contributed by atoms with van der Waals surface area (Å²) in [5, 5.41) is 0. The van der Waals surface area contributed by atoms with E-state index >= 15 is 0 Å². The molecule has 1 aromatic rings. The van der Waals surface area contributed by atoms with Gasteiger partial charge in [-0.05, 0) is 23.3 Å². The van der Waals surface area contributed by atoms with Crippen molar-refractivity contribution >= 4 is 0 Å². The summed E-state index contributed by atoms with van der Waals surface area (Å²) in [6, 6.07) is 8.62. The minimum atomic E-state index is 0.546. The molecule has 4 N–H and O–H groups in total. The lowest BCUT2D eigenvalue weighted by Crippen LogP contribution is -2.05. The van der Waals surface area contributed by atoms with Crippen LogP contribution >= 0.6 is 0 Å². The van der Waals surface area contributed by atoms with Crippen LogP contribution in [0.5, 0.6) is 0 Å². The third kappa shape index (κ3) is 1.35. The van der Waals surface area contributed by atoms with E-state index in [1.54, 1.807) is 0 Å². The Labute approximate surface area is 60.8 Å². The molecule has 53 valence electrons. The quantitative estimate of drug-likeness (QED) is 0.617. The molecule has 0 heterocycles. The summed E-state index contributed by atoms with van der Waals surface area (Å²) in [6.07, 6.45) is 0. The van der Waals surface area contributed by atoms with Crippen LogP contribution in [0, 0.1) is 6.07 Å². The van der Waals surface area contributed by atoms with Gasteiger partial charge in [0.1, 0.15) is 0 Å². The average molecular weight is 135 g/mol. The standard InChI is InChI=1S/C8H11N2/c9-5-7-3-1-2-4-8(7)6-10/h1,3-4H,5-6,9-10H2. The number of nitrogens with two attached hydrogens (primary N) is 2. The van der Waals surface area contributed by atoms with Gasteiger partial charge in [-0.15, -0.1) is 0 Å². The summed E-state index contributed by atoms with van der Waals surface area (Å²) in [7, 11) is 0. The van der Waals surface area contributed by atoms with E-state index in [9.17, 15) is 0 Å². The van der Waals surface area contributed by atoms with Crippen LogP contribution < -0.4 is 11.5 Å². The van der Waals surface area contributed by atoms with Crippen molar-refractivity contribution in [3.05, 3.63) is 35.4 Å². The molecular weight excluding hydrogens is 124 g/mol. The molecule has 0 unspecified atom stereocenters. The molecule has 0 spiro atoms. The van der Waals surface area contributed by atoms with Crippen molar-refractivity contribution in [1.82, 2.24) is 0 Å². The minimum absolute atomic E-state index is 0.546. The molecule has 1 radical (unpaired) electrons. The van der Waals surface area contributed by atoms with E-state index in [4.69, 9.17) is 11.5 Å². The molecule has 0 atom stereocenters. The highest BCUT2D eigenvalue weighted by atomic mass is 14.6. The van der Waals surface area contributed by atoms with Crippen molar-refractivity contribution < 1.29 is 0 Å². The molecule has 0 amide bonds. The number of hydrogen-bond acceptors (Lipinski definition) is 2. The summed E-state index contributed by atoms with van der Waals surface area (Å²) < 4.78 is 0. The molecule has 0 aliphatic heterocycles. The largest absolute Gasteiger partial charge is 0.326 e. The van der Waals surface area contributed by atoms with Crippen LogP contribution in [0.15, 0.2) is 18.2 Å². The first-order valence-corrected chi connectivity index (χ1v) is 3.26. The number of benzene rings is 1. The Morgan fingerprint density at radius 1 is 1.20 bits per heavy atom. The molecule has 0 saturated carbocycles. The Kier molecular flexibility index (Phi) is 2.42. The first-order chi connectivity index (χ1) is 4.88. The average Bonchev–Trinajstić information content (AvgIpc) is 2.04. The summed E-state index contributed by atoms with van der Waals surface area (Å²) in [5.74, 6) is 0. The van der Waals surface area contributed by atoms with Crippen molar-refractivity contribution in [3.8, 4) is 0 Å². The fraction of sp³-hybridized carbons (Fsp3) is 0.250. The summed E-state index contributed by atoms with van der Waals surface area (Å²) >= 11 is 0. The Morgan fingerprint density at radius 3 is 2.40 bits per heavy atom. The van der Waals surface area contributed by atoms with Gasteiger partial charge < -0.3 is 11.5 Å². The Bertz CT molecular complexity index is 185. The van der Waals surface area contributed by atoms with Gasteiger partial charge in [-0.1, -0.05) is 12.1 Å². The highest BCUT2D eigenvalue weighted by molar-refractivity contribution is 5.25. The molecule has 2 heteroatoms. The van der Waals surface area contributed by atoms with Crippen LogP contribution in [0.4, 0.5) is 0 Å². The van der Waals surface area contributed by atoms with Crippen LogP contribution in [0.2, 0.25) is 0 Å². The summed E-state index contributed by atoms with van der Waals surface area (Å²) in [5.41, 5.74) is 13.1. The van der Waals surface area contributed by atoms with Crippen molar-refractivity contribution in [2.45, 2.75) is 13.1 Å². The van der Waals surface area contributed by atoms with Crippen molar-refractivity contribution in [2.75, 3.05) is 0 Å². The van der Waals surface area contributed by atoms with Gasteiger partial charge in [0.15, 0.2) is 0 Å². The predicted molar refractivity (Wildman–Crippen MR) is 41.1 cm³/mol. The molecule has 0 aliphatic carbocycles. The second-order valence-corrected chi connectivity index (χ2v) is 2.10. The predicted octanol–water partition coefficient (Wildman–Crippen LogP) is 0.404. The maximum absolute atomic E-state index is 5.46. The van der Waals surface area contributed by atoms with Gasteiger partial charge in [0, 0.05) is 13.1 Å². The zero-order valence-electron chi connectivity index (χ0n) is 5.80. The molecular formula is C8H11N2. The smallest absolute Gasteiger partial charge is 0.0181 e. The third-order valence-electron chi connectivity index (χ3n) is 1.49. The normalized spacial score (nSPS) is 9.80. The SMILES string of the molecule is NCc1c[c]ccc1CN. The molecule has 0 saturated heterocycles. The molecule has 1 rings (SSSR count). The first kappa shape index (κ1) is 7.25. The fourth-order valence-corrected chi connectivity index (χ4v) is 0.886. The lowest BCUT2D eigenvalue weighted by Gasteiger charge is -2.02.